The zero-order valence-corrected chi connectivity index (χ0v) is 13.0. The largest absolute Gasteiger partial charge is 0.468 e. The Hall–Kier alpha value is -2.26. The molecule has 0 radical (unpaired) electrons. The third-order valence-corrected chi connectivity index (χ3v) is 4.15. The number of nitro groups is 1. The molecule has 1 aliphatic rings. The first-order valence-corrected chi connectivity index (χ1v) is 7.21. The number of methoxy groups -OCH3 is 1. The van der Waals surface area contributed by atoms with E-state index in [0.717, 1.165) is 16.7 Å². The standard InChI is InChI=1S/C13H10N2O5S2/c1-20-11(16)7-14-12(17)10(22-13(14)21)6-8-3-2-4-9(5-8)15(18)19/h2-6H,7H2,1H3. The van der Waals surface area contributed by atoms with E-state index in [9.17, 15) is 19.7 Å². The minimum atomic E-state index is -0.576. The number of ether oxygens (including phenoxy) is 1. The number of benzene rings is 1. The molecule has 1 saturated heterocycles. The number of nitro benzene ring substituents is 1. The molecule has 0 N–H and O–H groups in total. The van der Waals surface area contributed by atoms with Crippen LogP contribution in [-0.4, -0.2) is 39.7 Å². The van der Waals surface area contributed by atoms with Crippen LogP contribution in [0.2, 0.25) is 0 Å². The van der Waals surface area contributed by atoms with Gasteiger partial charge in [-0.15, -0.1) is 0 Å². The summed E-state index contributed by atoms with van der Waals surface area (Å²) in [5.41, 5.74) is 0.437. The molecule has 22 heavy (non-hydrogen) atoms. The lowest BCUT2D eigenvalue weighted by atomic mass is 10.2. The van der Waals surface area contributed by atoms with Crippen molar-refractivity contribution in [1.82, 2.24) is 4.90 Å². The molecule has 0 aliphatic carbocycles. The third kappa shape index (κ3) is 3.49. The van der Waals surface area contributed by atoms with Gasteiger partial charge >= 0.3 is 5.97 Å². The summed E-state index contributed by atoms with van der Waals surface area (Å²) in [7, 11) is 1.22. The molecule has 1 aliphatic heterocycles. The first-order valence-electron chi connectivity index (χ1n) is 5.99. The second-order valence-electron chi connectivity index (χ2n) is 4.20. The molecule has 1 aromatic carbocycles. The first-order chi connectivity index (χ1) is 10.4. The van der Waals surface area contributed by atoms with Crippen LogP contribution < -0.4 is 0 Å². The monoisotopic (exact) mass is 338 g/mol. The molecule has 2 rings (SSSR count). The highest BCUT2D eigenvalue weighted by Gasteiger charge is 2.33. The van der Waals surface area contributed by atoms with Crippen molar-refractivity contribution in [2.75, 3.05) is 13.7 Å². The highest BCUT2D eigenvalue weighted by Crippen LogP contribution is 2.32. The quantitative estimate of drug-likeness (QED) is 0.272. The van der Waals surface area contributed by atoms with Crippen molar-refractivity contribution in [3.63, 3.8) is 0 Å². The lowest BCUT2D eigenvalue weighted by Crippen LogP contribution is -2.33. The molecule has 114 valence electrons. The maximum absolute atomic E-state index is 12.2. The number of hydrogen-bond acceptors (Lipinski definition) is 7. The van der Waals surface area contributed by atoms with E-state index >= 15 is 0 Å². The van der Waals surface area contributed by atoms with Crippen LogP contribution in [0.4, 0.5) is 5.69 Å². The number of esters is 1. The topological polar surface area (TPSA) is 89.8 Å². The van der Waals surface area contributed by atoms with Crippen LogP contribution >= 0.6 is 24.0 Å². The van der Waals surface area contributed by atoms with E-state index in [0.29, 0.717) is 10.5 Å². The summed E-state index contributed by atoms with van der Waals surface area (Å²) in [6.07, 6.45) is 1.50. The Labute approximate surface area is 135 Å². The summed E-state index contributed by atoms with van der Waals surface area (Å²) in [5, 5.41) is 10.7. The second kappa shape index (κ2) is 6.67. The van der Waals surface area contributed by atoms with Crippen LogP contribution in [0, 0.1) is 10.1 Å². The molecule has 0 aromatic heterocycles. The van der Waals surface area contributed by atoms with Gasteiger partial charge in [0.05, 0.1) is 16.9 Å². The number of rotatable bonds is 4. The molecule has 0 bridgehead atoms. The average Bonchev–Trinajstić information content (AvgIpc) is 2.75. The Kier molecular flexibility index (Phi) is 4.88. The lowest BCUT2D eigenvalue weighted by molar-refractivity contribution is -0.384. The Morgan fingerprint density at radius 2 is 2.27 bits per heavy atom. The van der Waals surface area contributed by atoms with Crippen molar-refractivity contribution in [3.05, 3.63) is 44.8 Å². The summed E-state index contributed by atoms with van der Waals surface area (Å²) in [6, 6.07) is 5.88. The number of hydrogen-bond donors (Lipinski definition) is 0. The predicted molar refractivity (Wildman–Crippen MR) is 85.0 cm³/mol. The van der Waals surface area contributed by atoms with Gasteiger partial charge in [0, 0.05) is 12.1 Å². The van der Waals surface area contributed by atoms with E-state index < -0.39 is 16.8 Å². The SMILES string of the molecule is COC(=O)CN1C(=O)C(=Cc2cccc([N+](=O)[O-])c2)SC1=S. The fourth-order valence-electron chi connectivity index (χ4n) is 1.71. The van der Waals surface area contributed by atoms with E-state index in [1.807, 2.05) is 0 Å². The molecule has 0 spiro atoms. The molecule has 7 nitrogen and oxygen atoms in total. The van der Waals surface area contributed by atoms with Crippen LogP contribution in [0.15, 0.2) is 29.2 Å². The van der Waals surface area contributed by atoms with Crippen LogP contribution in [0.25, 0.3) is 6.08 Å². The van der Waals surface area contributed by atoms with Crippen LogP contribution in [0.5, 0.6) is 0 Å². The zero-order valence-electron chi connectivity index (χ0n) is 11.3. The van der Waals surface area contributed by atoms with E-state index in [-0.39, 0.29) is 16.6 Å². The van der Waals surface area contributed by atoms with Crippen molar-refractivity contribution < 1.29 is 19.2 Å². The molecular weight excluding hydrogens is 328 g/mol. The highest BCUT2D eigenvalue weighted by atomic mass is 32.2. The molecular formula is C13H10N2O5S2. The van der Waals surface area contributed by atoms with Gasteiger partial charge in [0.2, 0.25) is 0 Å². The first kappa shape index (κ1) is 16.1. The van der Waals surface area contributed by atoms with Gasteiger partial charge in [0.15, 0.2) is 0 Å². The molecule has 0 saturated carbocycles. The van der Waals surface area contributed by atoms with Crippen molar-refractivity contribution in [2.45, 2.75) is 0 Å². The van der Waals surface area contributed by atoms with E-state index in [4.69, 9.17) is 12.2 Å². The number of nitrogens with zero attached hydrogens (tertiary/aromatic N) is 2. The van der Waals surface area contributed by atoms with Crippen LogP contribution in [0.1, 0.15) is 5.56 Å². The normalized spacial score (nSPS) is 16.2. The summed E-state index contributed by atoms with van der Waals surface area (Å²) < 4.78 is 4.75. The van der Waals surface area contributed by atoms with Gasteiger partial charge in [0.1, 0.15) is 10.9 Å². The summed E-state index contributed by atoms with van der Waals surface area (Å²) >= 11 is 6.09. The number of thiocarbonyl (C=S) groups is 1. The maximum atomic E-state index is 12.2. The predicted octanol–water partition coefficient (Wildman–Crippen LogP) is 1.97. The Morgan fingerprint density at radius 1 is 1.55 bits per heavy atom. The Morgan fingerprint density at radius 3 is 2.91 bits per heavy atom. The Balaban J connectivity index is 2.24. The minimum absolute atomic E-state index is 0.0706. The smallest absolute Gasteiger partial charge is 0.325 e. The summed E-state index contributed by atoms with van der Waals surface area (Å²) in [5.74, 6) is -1.00. The number of carbonyl (C=O) groups is 2. The van der Waals surface area contributed by atoms with Crippen molar-refractivity contribution in [1.29, 1.82) is 0 Å². The molecule has 1 amide bonds. The lowest BCUT2D eigenvalue weighted by Gasteiger charge is -2.11. The number of thioether (sulfide) groups is 1. The number of amides is 1. The van der Waals surface area contributed by atoms with Gasteiger partial charge in [-0.2, -0.15) is 0 Å². The third-order valence-electron chi connectivity index (χ3n) is 2.77. The van der Waals surface area contributed by atoms with Crippen molar-refractivity contribution in [3.8, 4) is 0 Å². The average molecular weight is 338 g/mol. The molecule has 0 atom stereocenters. The molecule has 1 heterocycles. The van der Waals surface area contributed by atoms with Gasteiger partial charge in [-0.1, -0.05) is 36.1 Å². The van der Waals surface area contributed by atoms with Gasteiger partial charge in [-0.05, 0) is 11.6 Å². The fourth-order valence-corrected chi connectivity index (χ4v) is 2.96. The highest BCUT2D eigenvalue weighted by molar-refractivity contribution is 8.26. The van der Waals surface area contributed by atoms with E-state index in [1.54, 1.807) is 6.07 Å². The maximum Gasteiger partial charge on any atom is 0.325 e. The Bertz CT molecular complexity index is 701. The molecule has 0 unspecified atom stereocenters. The second-order valence-corrected chi connectivity index (χ2v) is 5.87. The van der Waals surface area contributed by atoms with Crippen LogP contribution in [0.3, 0.4) is 0 Å². The van der Waals surface area contributed by atoms with Gasteiger partial charge < -0.3 is 4.74 Å². The number of non-ortho nitro benzene ring substituents is 1. The van der Waals surface area contributed by atoms with Gasteiger partial charge in [0.25, 0.3) is 11.6 Å². The summed E-state index contributed by atoms with van der Waals surface area (Å²) in [4.78, 5) is 35.1. The zero-order chi connectivity index (χ0) is 16.3. The molecule has 9 heteroatoms. The summed E-state index contributed by atoms with van der Waals surface area (Å²) in [6.45, 7) is -0.257. The molecule has 1 fully saturated rings. The van der Waals surface area contributed by atoms with Crippen molar-refractivity contribution in [2.24, 2.45) is 0 Å². The fraction of sp³-hybridized carbons (Fsp3) is 0.154. The van der Waals surface area contributed by atoms with E-state index in [2.05, 4.69) is 4.74 Å². The van der Waals surface area contributed by atoms with Crippen molar-refractivity contribution >= 4 is 51.9 Å². The molecule has 1 aromatic rings. The van der Waals surface area contributed by atoms with Gasteiger partial charge in [-0.3, -0.25) is 24.6 Å². The number of carbonyl (C=O) groups excluding carboxylic acids is 2. The van der Waals surface area contributed by atoms with Gasteiger partial charge in [-0.25, -0.2) is 0 Å². The van der Waals surface area contributed by atoms with E-state index in [1.165, 1.54) is 31.4 Å². The van der Waals surface area contributed by atoms with Crippen LogP contribution in [-0.2, 0) is 14.3 Å². The minimum Gasteiger partial charge on any atom is -0.468 e.